The van der Waals surface area contributed by atoms with Crippen LogP contribution in [0.2, 0.25) is 0 Å². The van der Waals surface area contributed by atoms with E-state index in [1.54, 1.807) is 19.0 Å². The Balaban J connectivity index is 4.50. The van der Waals surface area contributed by atoms with Crippen molar-refractivity contribution >= 4 is 11.8 Å². The molecule has 0 aromatic heterocycles. The first-order valence-electron chi connectivity index (χ1n) is 6.13. The van der Waals surface area contributed by atoms with Gasteiger partial charge in [0.05, 0.1) is 6.54 Å². The van der Waals surface area contributed by atoms with Gasteiger partial charge in [0, 0.05) is 26.6 Å². The van der Waals surface area contributed by atoms with Crippen LogP contribution in [0.3, 0.4) is 0 Å². The van der Waals surface area contributed by atoms with E-state index in [0.29, 0.717) is 19.5 Å². The highest BCUT2D eigenvalue weighted by molar-refractivity contribution is 5.85. The van der Waals surface area contributed by atoms with Gasteiger partial charge in [-0.1, -0.05) is 13.8 Å². The van der Waals surface area contributed by atoms with Crippen LogP contribution in [0.4, 0.5) is 0 Å². The number of hydrogen-bond acceptors (Lipinski definition) is 3. The zero-order valence-electron chi connectivity index (χ0n) is 11.4. The minimum atomic E-state index is -0.110. The Bertz CT molecular complexity index is 254. The van der Waals surface area contributed by atoms with Crippen molar-refractivity contribution in [2.75, 3.05) is 33.7 Å². The molecule has 1 atom stereocenters. The van der Waals surface area contributed by atoms with Gasteiger partial charge in [-0.05, 0) is 19.4 Å². The molecular weight excluding hydrogens is 218 g/mol. The fourth-order valence-corrected chi connectivity index (χ4v) is 1.53. The van der Waals surface area contributed by atoms with Crippen LogP contribution in [0, 0.1) is 5.92 Å². The van der Waals surface area contributed by atoms with Crippen LogP contribution < -0.4 is 5.73 Å². The molecule has 0 aromatic carbocycles. The van der Waals surface area contributed by atoms with E-state index in [1.807, 2.05) is 13.8 Å². The summed E-state index contributed by atoms with van der Waals surface area (Å²) in [4.78, 5) is 26.8. The lowest BCUT2D eigenvalue weighted by Crippen LogP contribution is -2.43. The molecule has 5 nitrogen and oxygen atoms in total. The number of likely N-dealkylation sites (N-methyl/N-ethyl adjacent to an activating group) is 1. The van der Waals surface area contributed by atoms with E-state index >= 15 is 0 Å². The highest BCUT2D eigenvalue weighted by Crippen LogP contribution is 2.07. The van der Waals surface area contributed by atoms with Crippen LogP contribution in [0.5, 0.6) is 0 Å². The normalized spacial score (nSPS) is 12.1. The highest BCUT2D eigenvalue weighted by Gasteiger charge is 2.21. The van der Waals surface area contributed by atoms with Crippen LogP contribution >= 0.6 is 0 Å². The van der Waals surface area contributed by atoms with Gasteiger partial charge in [0.1, 0.15) is 0 Å². The first-order chi connectivity index (χ1) is 7.93. The third-order valence-corrected chi connectivity index (χ3v) is 2.65. The van der Waals surface area contributed by atoms with Crippen LogP contribution in [0.15, 0.2) is 0 Å². The standard InChI is InChI=1S/C12H25N3O2/c1-5-8-15(9-11(16)14(3)4)12(17)10(2)6-7-13/h10H,5-9,13H2,1-4H3. The fraction of sp³-hybridized carbons (Fsp3) is 0.833. The second-order valence-electron chi connectivity index (χ2n) is 4.53. The van der Waals surface area contributed by atoms with E-state index in [2.05, 4.69) is 0 Å². The maximum Gasteiger partial charge on any atom is 0.241 e. The van der Waals surface area contributed by atoms with E-state index in [9.17, 15) is 9.59 Å². The lowest BCUT2D eigenvalue weighted by molar-refractivity contribution is -0.141. The Morgan fingerprint density at radius 3 is 2.29 bits per heavy atom. The van der Waals surface area contributed by atoms with Gasteiger partial charge in [-0.15, -0.1) is 0 Å². The van der Waals surface area contributed by atoms with Gasteiger partial charge < -0.3 is 15.5 Å². The lowest BCUT2D eigenvalue weighted by atomic mass is 10.1. The van der Waals surface area contributed by atoms with E-state index in [0.717, 1.165) is 6.42 Å². The number of carbonyl (C=O) groups is 2. The number of amides is 2. The molecule has 2 amide bonds. The summed E-state index contributed by atoms with van der Waals surface area (Å²) in [5, 5.41) is 0. The molecule has 0 saturated heterocycles. The molecule has 0 radical (unpaired) electrons. The Hall–Kier alpha value is -1.10. The summed E-state index contributed by atoms with van der Waals surface area (Å²) in [7, 11) is 3.39. The van der Waals surface area contributed by atoms with Crippen molar-refractivity contribution in [3.8, 4) is 0 Å². The third kappa shape index (κ3) is 5.68. The summed E-state index contributed by atoms with van der Waals surface area (Å²) in [5.74, 6) is -0.138. The predicted molar refractivity (Wildman–Crippen MR) is 68.4 cm³/mol. The van der Waals surface area contributed by atoms with Gasteiger partial charge in [0.15, 0.2) is 0 Å². The number of hydrogen-bond donors (Lipinski definition) is 1. The molecule has 2 N–H and O–H groups in total. The summed E-state index contributed by atoms with van der Waals surface area (Å²) in [6.07, 6.45) is 1.51. The van der Waals surface area contributed by atoms with E-state index in [1.165, 1.54) is 4.90 Å². The maximum atomic E-state index is 12.1. The Morgan fingerprint density at radius 1 is 1.29 bits per heavy atom. The van der Waals surface area contributed by atoms with Crippen LogP contribution in [-0.4, -0.2) is 55.3 Å². The topological polar surface area (TPSA) is 66.6 Å². The minimum absolute atomic E-state index is 0.0208. The van der Waals surface area contributed by atoms with Gasteiger partial charge in [0.2, 0.25) is 11.8 Å². The second kappa shape index (κ2) is 8.06. The molecule has 0 rings (SSSR count). The molecule has 0 saturated carbocycles. The largest absolute Gasteiger partial charge is 0.347 e. The average molecular weight is 243 g/mol. The van der Waals surface area contributed by atoms with Crippen LogP contribution in [0.1, 0.15) is 26.7 Å². The van der Waals surface area contributed by atoms with Crippen molar-refractivity contribution < 1.29 is 9.59 Å². The maximum absolute atomic E-state index is 12.1. The molecule has 0 fully saturated rings. The van der Waals surface area contributed by atoms with Gasteiger partial charge in [-0.2, -0.15) is 0 Å². The monoisotopic (exact) mass is 243 g/mol. The molecule has 1 unspecified atom stereocenters. The van der Waals surface area contributed by atoms with Crippen molar-refractivity contribution in [1.82, 2.24) is 9.80 Å². The van der Waals surface area contributed by atoms with Crippen molar-refractivity contribution in [2.45, 2.75) is 26.7 Å². The number of carbonyl (C=O) groups excluding carboxylic acids is 2. The van der Waals surface area contributed by atoms with Crippen molar-refractivity contribution in [3.63, 3.8) is 0 Å². The third-order valence-electron chi connectivity index (χ3n) is 2.65. The van der Waals surface area contributed by atoms with Gasteiger partial charge in [-0.3, -0.25) is 9.59 Å². The molecular formula is C12H25N3O2. The number of nitrogens with two attached hydrogens (primary N) is 1. The van der Waals surface area contributed by atoms with E-state index < -0.39 is 0 Å². The molecule has 5 heteroatoms. The van der Waals surface area contributed by atoms with Crippen molar-refractivity contribution in [2.24, 2.45) is 11.7 Å². The van der Waals surface area contributed by atoms with E-state index in [4.69, 9.17) is 5.73 Å². The van der Waals surface area contributed by atoms with Gasteiger partial charge in [0.25, 0.3) is 0 Å². The summed E-state index contributed by atoms with van der Waals surface area (Å²) >= 11 is 0. The summed E-state index contributed by atoms with van der Waals surface area (Å²) in [5.41, 5.74) is 5.44. The summed E-state index contributed by atoms with van der Waals surface area (Å²) in [6.45, 7) is 5.13. The highest BCUT2D eigenvalue weighted by atomic mass is 16.2. The van der Waals surface area contributed by atoms with Gasteiger partial charge >= 0.3 is 0 Å². The van der Waals surface area contributed by atoms with Crippen molar-refractivity contribution in [3.05, 3.63) is 0 Å². The molecule has 0 aliphatic heterocycles. The number of nitrogens with zero attached hydrogens (tertiary/aromatic N) is 2. The predicted octanol–water partition coefficient (Wildman–Crippen LogP) is 0.298. The number of rotatable bonds is 7. The molecule has 0 spiro atoms. The zero-order chi connectivity index (χ0) is 13.4. The summed E-state index contributed by atoms with van der Waals surface area (Å²) < 4.78 is 0. The van der Waals surface area contributed by atoms with E-state index in [-0.39, 0.29) is 24.3 Å². The van der Waals surface area contributed by atoms with Gasteiger partial charge in [-0.25, -0.2) is 0 Å². The molecule has 0 heterocycles. The molecule has 17 heavy (non-hydrogen) atoms. The van der Waals surface area contributed by atoms with Crippen molar-refractivity contribution in [1.29, 1.82) is 0 Å². The zero-order valence-corrected chi connectivity index (χ0v) is 11.4. The average Bonchev–Trinajstić information content (AvgIpc) is 2.27. The molecule has 0 aliphatic carbocycles. The molecule has 0 aliphatic rings. The van der Waals surface area contributed by atoms with Crippen LogP contribution in [-0.2, 0) is 9.59 Å². The van der Waals surface area contributed by atoms with Crippen LogP contribution in [0.25, 0.3) is 0 Å². The Labute approximate surface area is 104 Å². The summed E-state index contributed by atoms with van der Waals surface area (Å²) in [6, 6.07) is 0. The SMILES string of the molecule is CCCN(CC(=O)N(C)C)C(=O)C(C)CCN. The first kappa shape index (κ1) is 15.9. The molecule has 100 valence electrons. The fourth-order valence-electron chi connectivity index (χ4n) is 1.53. The molecule has 0 aromatic rings. The first-order valence-corrected chi connectivity index (χ1v) is 6.13. The lowest BCUT2D eigenvalue weighted by Gasteiger charge is -2.26. The Morgan fingerprint density at radius 2 is 1.88 bits per heavy atom. The smallest absolute Gasteiger partial charge is 0.241 e. The molecule has 0 bridgehead atoms. The second-order valence-corrected chi connectivity index (χ2v) is 4.53. The quantitative estimate of drug-likeness (QED) is 0.699. The minimum Gasteiger partial charge on any atom is -0.347 e. The Kier molecular flexibility index (Phi) is 7.54.